The summed E-state index contributed by atoms with van der Waals surface area (Å²) in [5.41, 5.74) is 1.16. The average Bonchev–Trinajstić information content (AvgIpc) is 2.38. The van der Waals surface area contributed by atoms with E-state index in [1.165, 1.54) is 7.11 Å². The third-order valence-electron chi connectivity index (χ3n) is 2.60. The average molecular weight is 248 g/mol. The lowest BCUT2D eigenvalue weighted by Gasteiger charge is -2.08. The van der Waals surface area contributed by atoms with Gasteiger partial charge >= 0.3 is 0 Å². The lowest BCUT2D eigenvalue weighted by Crippen LogP contribution is -1.95. The van der Waals surface area contributed by atoms with Gasteiger partial charge in [-0.05, 0) is 23.3 Å². The van der Waals surface area contributed by atoms with Gasteiger partial charge in [-0.3, -0.25) is 4.79 Å². The fourth-order valence-electron chi connectivity index (χ4n) is 1.77. The van der Waals surface area contributed by atoms with Crippen LogP contribution in [0, 0.1) is 11.6 Å². The molecule has 0 bridgehead atoms. The first-order chi connectivity index (χ1) is 8.67. The predicted molar refractivity (Wildman–Crippen MR) is 63.7 cm³/mol. The number of carbonyl (C=O) groups excluding carboxylic acids is 1. The van der Waals surface area contributed by atoms with Crippen LogP contribution in [0.3, 0.4) is 0 Å². The van der Waals surface area contributed by atoms with Crippen LogP contribution in [0.4, 0.5) is 8.78 Å². The third kappa shape index (κ3) is 2.09. The summed E-state index contributed by atoms with van der Waals surface area (Å²) in [6.45, 7) is 0. The number of ether oxygens (including phenoxy) is 1. The van der Waals surface area contributed by atoms with E-state index in [0.717, 1.165) is 12.1 Å². The van der Waals surface area contributed by atoms with Gasteiger partial charge in [0, 0.05) is 5.56 Å². The van der Waals surface area contributed by atoms with Crippen molar-refractivity contribution in [1.29, 1.82) is 0 Å². The Kier molecular flexibility index (Phi) is 3.37. The molecule has 0 unspecified atom stereocenters. The SMILES string of the molecule is COc1c(F)cc(-c2ccccc2C=O)cc1F. The summed E-state index contributed by atoms with van der Waals surface area (Å²) in [7, 11) is 1.19. The number of rotatable bonds is 3. The molecule has 0 aliphatic carbocycles. The zero-order valence-corrected chi connectivity index (χ0v) is 9.61. The molecule has 0 heterocycles. The van der Waals surface area contributed by atoms with Gasteiger partial charge in [-0.1, -0.05) is 24.3 Å². The van der Waals surface area contributed by atoms with Crippen LogP contribution in [-0.2, 0) is 0 Å². The lowest BCUT2D eigenvalue weighted by atomic mass is 10.00. The van der Waals surface area contributed by atoms with Gasteiger partial charge in [-0.2, -0.15) is 0 Å². The Balaban J connectivity index is 2.62. The molecule has 0 saturated carbocycles. The maximum absolute atomic E-state index is 13.6. The van der Waals surface area contributed by atoms with Crippen molar-refractivity contribution in [3.8, 4) is 16.9 Å². The van der Waals surface area contributed by atoms with Crippen molar-refractivity contribution in [1.82, 2.24) is 0 Å². The topological polar surface area (TPSA) is 26.3 Å². The van der Waals surface area contributed by atoms with Crippen molar-refractivity contribution in [2.24, 2.45) is 0 Å². The molecule has 0 N–H and O–H groups in total. The van der Waals surface area contributed by atoms with Gasteiger partial charge in [0.25, 0.3) is 0 Å². The van der Waals surface area contributed by atoms with Crippen molar-refractivity contribution in [2.45, 2.75) is 0 Å². The highest BCUT2D eigenvalue weighted by Gasteiger charge is 2.13. The number of hydrogen-bond acceptors (Lipinski definition) is 2. The van der Waals surface area contributed by atoms with Gasteiger partial charge in [0.15, 0.2) is 23.7 Å². The predicted octanol–water partition coefficient (Wildman–Crippen LogP) is 3.45. The maximum atomic E-state index is 13.6. The molecular weight excluding hydrogens is 238 g/mol. The van der Waals surface area contributed by atoms with E-state index in [2.05, 4.69) is 4.74 Å². The highest BCUT2D eigenvalue weighted by Crippen LogP contribution is 2.30. The molecule has 0 fully saturated rings. The molecule has 0 spiro atoms. The summed E-state index contributed by atoms with van der Waals surface area (Å²) in [5, 5.41) is 0. The molecule has 4 heteroatoms. The van der Waals surface area contributed by atoms with Crippen molar-refractivity contribution in [2.75, 3.05) is 7.11 Å². The number of hydrogen-bond donors (Lipinski definition) is 0. The molecule has 0 atom stereocenters. The third-order valence-corrected chi connectivity index (χ3v) is 2.60. The number of halogens is 2. The van der Waals surface area contributed by atoms with Crippen LogP contribution in [0.25, 0.3) is 11.1 Å². The van der Waals surface area contributed by atoms with Gasteiger partial charge in [-0.15, -0.1) is 0 Å². The van der Waals surface area contributed by atoms with Crippen LogP contribution < -0.4 is 4.74 Å². The van der Waals surface area contributed by atoms with Crippen molar-refractivity contribution < 1.29 is 18.3 Å². The number of carbonyl (C=O) groups is 1. The molecule has 92 valence electrons. The van der Waals surface area contributed by atoms with E-state index in [1.807, 2.05) is 0 Å². The van der Waals surface area contributed by atoms with E-state index in [9.17, 15) is 13.6 Å². The number of benzene rings is 2. The maximum Gasteiger partial charge on any atom is 0.190 e. The van der Waals surface area contributed by atoms with Gasteiger partial charge in [-0.25, -0.2) is 8.78 Å². The van der Waals surface area contributed by atoms with Crippen molar-refractivity contribution >= 4 is 6.29 Å². The second kappa shape index (κ2) is 4.96. The van der Waals surface area contributed by atoms with E-state index in [0.29, 0.717) is 23.0 Å². The summed E-state index contributed by atoms with van der Waals surface area (Å²) in [6, 6.07) is 8.88. The Bertz CT molecular complexity index is 571. The summed E-state index contributed by atoms with van der Waals surface area (Å²) in [5.74, 6) is -2.02. The lowest BCUT2D eigenvalue weighted by molar-refractivity contribution is 0.112. The molecule has 0 aromatic heterocycles. The Morgan fingerprint density at radius 2 is 1.72 bits per heavy atom. The van der Waals surface area contributed by atoms with Crippen LogP contribution in [-0.4, -0.2) is 13.4 Å². The number of aldehydes is 1. The molecule has 0 saturated heterocycles. The second-order valence-electron chi connectivity index (χ2n) is 3.68. The van der Waals surface area contributed by atoms with Crippen LogP contribution in [0.15, 0.2) is 36.4 Å². The molecule has 2 aromatic carbocycles. The molecule has 2 nitrogen and oxygen atoms in total. The Labute approximate surface area is 103 Å². The van der Waals surface area contributed by atoms with Crippen LogP contribution in [0.2, 0.25) is 0 Å². The largest absolute Gasteiger partial charge is 0.491 e. The molecule has 18 heavy (non-hydrogen) atoms. The zero-order chi connectivity index (χ0) is 13.1. The highest BCUT2D eigenvalue weighted by molar-refractivity contribution is 5.87. The molecule has 0 radical (unpaired) electrons. The summed E-state index contributed by atoms with van der Waals surface area (Å²) in [4.78, 5) is 10.9. The Morgan fingerprint density at radius 1 is 1.11 bits per heavy atom. The van der Waals surface area contributed by atoms with Crippen LogP contribution in [0.1, 0.15) is 10.4 Å². The molecule has 0 aliphatic rings. The van der Waals surface area contributed by atoms with Crippen molar-refractivity contribution in [3.63, 3.8) is 0 Å². The fourth-order valence-corrected chi connectivity index (χ4v) is 1.77. The quantitative estimate of drug-likeness (QED) is 0.777. The number of methoxy groups -OCH3 is 1. The van der Waals surface area contributed by atoms with E-state index in [4.69, 9.17) is 0 Å². The smallest absolute Gasteiger partial charge is 0.190 e. The fraction of sp³-hybridized carbons (Fsp3) is 0.0714. The van der Waals surface area contributed by atoms with Crippen LogP contribution >= 0.6 is 0 Å². The minimum atomic E-state index is -0.798. The van der Waals surface area contributed by atoms with Crippen molar-refractivity contribution in [3.05, 3.63) is 53.6 Å². The minimum Gasteiger partial charge on any atom is -0.491 e. The van der Waals surface area contributed by atoms with Gasteiger partial charge in [0.1, 0.15) is 0 Å². The van der Waals surface area contributed by atoms with Gasteiger partial charge in [0.2, 0.25) is 0 Å². The van der Waals surface area contributed by atoms with E-state index >= 15 is 0 Å². The Hall–Kier alpha value is -2.23. The molecule has 2 aromatic rings. The Morgan fingerprint density at radius 3 is 2.28 bits per heavy atom. The first-order valence-electron chi connectivity index (χ1n) is 5.25. The molecule has 0 aliphatic heterocycles. The monoisotopic (exact) mass is 248 g/mol. The first kappa shape index (κ1) is 12.2. The van der Waals surface area contributed by atoms with E-state index in [1.54, 1.807) is 24.3 Å². The summed E-state index contributed by atoms with van der Waals surface area (Å²) < 4.78 is 31.8. The first-order valence-corrected chi connectivity index (χ1v) is 5.25. The second-order valence-corrected chi connectivity index (χ2v) is 3.68. The molecule has 2 rings (SSSR count). The molecule has 0 amide bonds. The normalized spacial score (nSPS) is 10.2. The van der Waals surface area contributed by atoms with Crippen LogP contribution in [0.5, 0.6) is 5.75 Å². The van der Waals surface area contributed by atoms with E-state index in [-0.39, 0.29) is 0 Å². The summed E-state index contributed by atoms with van der Waals surface area (Å²) >= 11 is 0. The highest BCUT2D eigenvalue weighted by atomic mass is 19.1. The standard InChI is InChI=1S/C14H10F2O2/c1-18-14-12(15)6-10(7-13(14)16)11-5-3-2-4-9(11)8-17/h2-8H,1H3. The minimum absolute atomic E-state index is 0.300. The van der Waals surface area contributed by atoms with Gasteiger partial charge < -0.3 is 4.74 Å². The zero-order valence-electron chi connectivity index (χ0n) is 9.61. The summed E-state index contributed by atoms with van der Waals surface area (Å²) in [6.07, 6.45) is 0.648. The van der Waals surface area contributed by atoms with E-state index < -0.39 is 17.4 Å². The molecular formula is C14H10F2O2. The van der Waals surface area contributed by atoms with Gasteiger partial charge in [0.05, 0.1) is 7.11 Å².